The van der Waals surface area contributed by atoms with E-state index >= 15 is 0 Å². The summed E-state index contributed by atoms with van der Waals surface area (Å²) in [4.78, 5) is 31.1. The number of hydrogen-bond donors (Lipinski definition) is 2. The van der Waals surface area contributed by atoms with Gasteiger partial charge in [0.05, 0.1) is 0 Å². The first-order valence-electron chi connectivity index (χ1n) is 16.0. The number of carbonyl (C=O) groups is 2. The lowest BCUT2D eigenvalue weighted by atomic mass is 10.1. The van der Waals surface area contributed by atoms with Crippen molar-refractivity contribution < 1.29 is 19.8 Å². The molecule has 0 rings (SSSR count). The molecule has 0 aromatic rings. The Kier molecular flexibility index (Phi) is 26.5. The summed E-state index contributed by atoms with van der Waals surface area (Å²) < 4.78 is 0. The van der Waals surface area contributed by atoms with Gasteiger partial charge in [-0.05, 0) is 98.2 Å². The highest BCUT2D eigenvalue weighted by Gasteiger charge is 2.11. The molecule has 2 N–H and O–H groups in total. The highest BCUT2D eigenvalue weighted by Crippen LogP contribution is 2.11. The van der Waals surface area contributed by atoms with Crippen molar-refractivity contribution in [3.8, 4) is 0 Å². The van der Waals surface area contributed by atoms with Crippen molar-refractivity contribution in [2.24, 2.45) is 0 Å². The lowest BCUT2D eigenvalue weighted by Gasteiger charge is -2.21. The monoisotopic (exact) mass is 541 g/mol. The lowest BCUT2D eigenvalue weighted by molar-refractivity contribution is -0.132. The van der Waals surface area contributed by atoms with Gasteiger partial charge in [-0.3, -0.25) is 9.59 Å². The molecule has 0 heterocycles. The van der Waals surface area contributed by atoms with Crippen LogP contribution in [0.5, 0.6) is 0 Å². The van der Waals surface area contributed by atoms with E-state index in [2.05, 4.69) is 25.8 Å². The molecule has 0 aliphatic rings. The number of hydrogen-bond acceptors (Lipinski definition) is 5. The van der Waals surface area contributed by atoms with Crippen LogP contribution in [0.1, 0.15) is 129 Å². The Morgan fingerprint density at radius 1 is 0.474 bits per heavy atom. The first-order valence-corrected chi connectivity index (χ1v) is 16.0. The first-order chi connectivity index (χ1) is 18.5. The van der Waals surface area contributed by atoms with Crippen molar-refractivity contribution in [3.05, 3.63) is 0 Å². The van der Waals surface area contributed by atoms with Crippen molar-refractivity contribution in [2.45, 2.75) is 129 Å². The summed E-state index contributed by atoms with van der Waals surface area (Å²) in [6.45, 7) is 10.1. The van der Waals surface area contributed by atoms with Crippen LogP contribution in [0.15, 0.2) is 0 Å². The zero-order valence-electron chi connectivity index (χ0n) is 25.4. The predicted octanol–water partition coefficient (Wildman–Crippen LogP) is 5.62. The summed E-state index contributed by atoms with van der Waals surface area (Å²) in [6, 6.07) is 0. The average Bonchev–Trinajstić information content (AvgIpc) is 2.91. The van der Waals surface area contributed by atoms with E-state index in [1.807, 2.05) is 9.80 Å². The molecule has 0 saturated carbocycles. The van der Waals surface area contributed by atoms with Gasteiger partial charge in [-0.2, -0.15) is 0 Å². The van der Waals surface area contributed by atoms with Crippen molar-refractivity contribution in [1.82, 2.24) is 14.7 Å². The Hall–Kier alpha value is -1.18. The maximum absolute atomic E-state index is 12.4. The van der Waals surface area contributed by atoms with Crippen molar-refractivity contribution >= 4 is 11.8 Å². The van der Waals surface area contributed by atoms with Crippen LogP contribution in [-0.4, -0.2) is 96.3 Å². The molecule has 0 spiro atoms. The maximum atomic E-state index is 12.4. The third-order valence-corrected chi connectivity index (χ3v) is 7.50. The van der Waals surface area contributed by atoms with E-state index in [1.165, 1.54) is 38.5 Å². The van der Waals surface area contributed by atoms with Crippen LogP contribution < -0.4 is 0 Å². The second-order valence-corrected chi connectivity index (χ2v) is 10.9. The van der Waals surface area contributed by atoms with E-state index in [0.29, 0.717) is 12.8 Å². The molecule has 0 fully saturated rings. The van der Waals surface area contributed by atoms with Gasteiger partial charge in [0.25, 0.3) is 0 Å². The van der Waals surface area contributed by atoms with Gasteiger partial charge < -0.3 is 24.9 Å². The molecule has 0 aliphatic heterocycles. The number of aliphatic hydroxyl groups excluding tert-OH is 2. The van der Waals surface area contributed by atoms with Crippen LogP contribution in [0.25, 0.3) is 0 Å². The Balaban J connectivity index is 3.62. The second kappa shape index (κ2) is 27.4. The molecule has 0 saturated heterocycles. The Bertz CT molecular complexity index is 501. The van der Waals surface area contributed by atoms with E-state index in [-0.39, 0.29) is 25.0 Å². The van der Waals surface area contributed by atoms with E-state index in [4.69, 9.17) is 10.2 Å². The molecule has 7 nitrogen and oxygen atoms in total. The van der Waals surface area contributed by atoms with Crippen LogP contribution in [-0.2, 0) is 9.59 Å². The molecular weight excluding hydrogens is 478 g/mol. The van der Waals surface area contributed by atoms with Gasteiger partial charge in [0.1, 0.15) is 0 Å². The topological polar surface area (TPSA) is 84.3 Å². The summed E-state index contributed by atoms with van der Waals surface area (Å²) in [7, 11) is 2.22. The van der Waals surface area contributed by atoms with E-state index < -0.39 is 0 Å². The first kappa shape index (κ1) is 36.8. The van der Waals surface area contributed by atoms with E-state index in [1.54, 1.807) is 0 Å². The molecule has 2 amide bonds. The summed E-state index contributed by atoms with van der Waals surface area (Å²) >= 11 is 0. The number of nitrogens with zero attached hydrogens (tertiary/aromatic N) is 3. The minimum atomic E-state index is 0.243. The largest absolute Gasteiger partial charge is 0.396 e. The normalized spacial score (nSPS) is 11.3. The molecule has 0 unspecified atom stereocenters. The molecule has 226 valence electrons. The standard InChI is InChI=1S/C31H63N3O4/c1-4-33(26-18-12-20-28-35)30(37)22-14-8-6-10-16-24-32(3)25-17-11-7-9-15-23-31(38)34(5-2)27-19-13-21-29-36/h35-36H,4-29H2,1-3H3. The molecular formula is C31H63N3O4. The van der Waals surface area contributed by atoms with E-state index in [9.17, 15) is 9.59 Å². The zero-order chi connectivity index (χ0) is 28.3. The van der Waals surface area contributed by atoms with Gasteiger partial charge in [-0.25, -0.2) is 0 Å². The third-order valence-electron chi connectivity index (χ3n) is 7.50. The fourth-order valence-electron chi connectivity index (χ4n) is 4.91. The number of carbonyl (C=O) groups excluding carboxylic acids is 2. The van der Waals surface area contributed by atoms with Gasteiger partial charge in [0.15, 0.2) is 0 Å². The number of amides is 2. The van der Waals surface area contributed by atoms with Crippen LogP contribution >= 0.6 is 0 Å². The number of rotatable bonds is 28. The predicted molar refractivity (Wildman–Crippen MR) is 159 cm³/mol. The highest BCUT2D eigenvalue weighted by atomic mass is 16.3. The summed E-state index contributed by atoms with van der Waals surface area (Å²) in [6.07, 6.45) is 18.6. The molecule has 0 atom stereocenters. The third kappa shape index (κ3) is 21.7. The molecule has 0 radical (unpaired) electrons. The maximum Gasteiger partial charge on any atom is 0.222 e. The molecule has 0 aliphatic carbocycles. The number of aliphatic hydroxyl groups is 2. The van der Waals surface area contributed by atoms with Crippen molar-refractivity contribution in [2.75, 3.05) is 59.5 Å². The summed E-state index contributed by atoms with van der Waals surface area (Å²) in [5, 5.41) is 17.7. The SMILES string of the molecule is CCN(CCCCCO)C(=O)CCCCCCCN(C)CCCCCCCC(=O)N(CC)CCCCCO. The minimum Gasteiger partial charge on any atom is -0.396 e. The molecule has 0 bridgehead atoms. The smallest absolute Gasteiger partial charge is 0.222 e. The van der Waals surface area contributed by atoms with Gasteiger partial charge >= 0.3 is 0 Å². The van der Waals surface area contributed by atoms with Crippen LogP contribution in [0.3, 0.4) is 0 Å². The Morgan fingerprint density at radius 2 is 0.789 bits per heavy atom. The fraction of sp³-hybridized carbons (Fsp3) is 0.935. The Morgan fingerprint density at radius 3 is 1.16 bits per heavy atom. The quantitative estimate of drug-likeness (QED) is 0.126. The highest BCUT2D eigenvalue weighted by molar-refractivity contribution is 5.76. The van der Waals surface area contributed by atoms with Crippen LogP contribution in [0, 0.1) is 0 Å². The fourth-order valence-corrected chi connectivity index (χ4v) is 4.91. The zero-order valence-corrected chi connectivity index (χ0v) is 25.4. The number of unbranched alkanes of at least 4 members (excludes halogenated alkanes) is 12. The molecule has 0 aromatic heterocycles. The van der Waals surface area contributed by atoms with Crippen molar-refractivity contribution in [1.29, 1.82) is 0 Å². The van der Waals surface area contributed by atoms with E-state index in [0.717, 1.165) is 103 Å². The van der Waals surface area contributed by atoms with Gasteiger partial charge in [-0.1, -0.05) is 38.5 Å². The molecule has 38 heavy (non-hydrogen) atoms. The second-order valence-electron chi connectivity index (χ2n) is 10.9. The molecule has 0 aromatic carbocycles. The lowest BCUT2D eigenvalue weighted by Crippen LogP contribution is -2.31. The van der Waals surface area contributed by atoms with Gasteiger partial charge in [0.2, 0.25) is 11.8 Å². The molecule has 7 heteroatoms. The Labute approximate surface area is 235 Å². The van der Waals surface area contributed by atoms with Crippen molar-refractivity contribution in [3.63, 3.8) is 0 Å². The minimum absolute atomic E-state index is 0.243. The summed E-state index contributed by atoms with van der Waals surface area (Å²) in [5.41, 5.74) is 0. The van der Waals surface area contributed by atoms with Crippen LogP contribution in [0.4, 0.5) is 0 Å². The van der Waals surface area contributed by atoms with Gasteiger partial charge in [-0.15, -0.1) is 0 Å². The summed E-state index contributed by atoms with van der Waals surface area (Å²) in [5.74, 6) is 0.576. The van der Waals surface area contributed by atoms with Crippen LogP contribution in [0.2, 0.25) is 0 Å². The average molecular weight is 542 g/mol. The van der Waals surface area contributed by atoms with Gasteiger partial charge in [0, 0.05) is 52.2 Å².